The van der Waals surface area contributed by atoms with Crippen molar-refractivity contribution in [1.29, 1.82) is 0 Å². The standard InChI is InChI=1S/C18H22N2O2S/c1-12-11-23-17(19-12)14-6-5-7-15(10-14)18(22)20-9-4-3-8-16(20)13(2)21/h5-7,10-11,13,16,21H,3-4,8-9H2,1-2H3. The van der Waals surface area contributed by atoms with E-state index in [1.807, 2.05) is 41.5 Å². The highest BCUT2D eigenvalue weighted by molar-refractivity contribution is 7.13. The number of aliphatic hydroxyl groups excluding tert-OH is 1. The van der Waals surface area contributed by atoms with E-state index < -0.39 is 6.10 Å². The Hall–Kier alpha value is -1.72. The maximum atomic E-state index is 12.9. The number of carbonyl (C=O) groups excluding carboxylic acids is 1. The zero-order valence-corrected chi connectivity index (χ0v) is 14.3. The molecule has 23 heavy (non-hydrogen) atoms. The largest absolute Gasteiger partial charge is 0.391 e. The molecule has 1 aromatic heterocycles. The molecule has 1 aromatic carbocycles. The van der Waals surface area contributed by atoms with Gasteiger partial charge in [-0.3, -0.25) is 4.79 Å². The van der Waals surface area contributed by atoms with Crippen molar-refractivity contribution >= 4 is 17.2 Å². The quantitative estimate of drug-likeness (QED) is 0.937. The van der Waals surface area contributed by atoms with Crippen LogP contribution in [0.15, 0.2) is 29.6 Å². The maximum Gasteiger partial charge on any atom is 0.254 e. The van der Waals surface area contributed by atoms with Crippen molar-refractivity contribution in [3.63, 3.8) is 0 Å². The Labute approximate surface area is 140 Å². The number of rotatable bonds is 3. The van der Waals surface area contributed by atoms with E-state index in [0.717, 1.165) is 42.1 Å². The summed E-state index contributed by atoms with van der Waals surface area (Å²) in [6, 6.07) is 7.56. The first-order valence-electron chi connectivity index (χ1n) is 8.08. The van der Waals surface area contributed by atoms with Gasteiger partial charge in [0.05, 0.1) is 12.1 Å². The molecule has 5 heteroatoms. The second-order valence-corrected chi connectivity index (χ2v) is 7.04. The van der Waals surface area contributed by atoms with Crippen LogP contribution in [0.2, 0.25) is 0 Å². The minimum Gasteiger partial charge on any atom is -0.391 e. The number of piperidine rings is 1. The van der Waals surface area contributed by atoms with E-state index in [9.17, 15) is 9.90 Å². The zero-order valence-electron chi connectivity index (χ0n) is 13.5. The zero-order chi connectivity index (χ0) is 16.4. The Morgan fingerprint density at radius 1 is 1.43 bits per heavy atom. The van der Waals surface area contributed by atoms with Gasteiger partial charge in [0.25, 0.3) is 5.91 Å². The third-order valence-electron chi connectivity index (χ3n) is 4.34. The molecular formula is C18H22N2O2S. The summed E-state index contributed by atoms with van der Waals surface area (Å²) in [5.41, 5.74) is 2.63. The Kier molecular flexibility index (Phi) is 4.78. The summed E-state index contributed by atoms with van der Waals surface area (Å²) < 4.78 is 0. The van der Waals surface area contributed by atoms with Crippen molar-refractivity contribution in [2.24, 2.45) is 0 Å². The Morgan fingerprint density at radius 3 is 2.96 bits per heavy atom. The Balaban J connectivity index is 1.87. The van der Waals surface area contributed by atoms with Crippen molar-refractivity contribution in [1.82, 2.24) is 9.88 Å². The molecule has 1 fully saturated rings. The molecule has 0 aliphatic carbocycles. The van der Waals surface area contributed by atoms with Gasteiger partial charge in [0.2, 0.25) is 0 Å². The molecule has 1 aliphatic heterocycles. The first-order chi connectivity index (χ1) is 11.1. The van der Waals surface area contributed by atoms with Gasteiger partial charge in [0.15, 0.2) is 0 Å². The van der Waals surface area contributed by atoms with Crippen LogP contribution in [0.4, 0.5) is 0 Å². The van der Waals surface area contributed by atoms with Gasteiger partial charge < -0.3 is 10.0 Å². The highest BCUT2D eigenvalue weighted by atomic mass is 32.1. The number of aliphatic hydroxyl groups is 1. The van der Waals surface area contributed by atoms with E-state index >= 15 is 0 Å². The molecule has 4 nitrogen and oxygen atoms in total. The predicted molar refractivity (Wildman–Crippen MR) is 92.6 cm³/mol. The molecule has 1 aliphatic rings. The number of likely N-dealkylation sites (tertiary alicyclic amines) is 1. The summed E-state index contributed by atoms with van der Waals surface area (Å²) in [5, 5.41) is 12.9. The second kappa shape index (κ2) is 6.81. The lowest BCUT2D eigenvalue weighted by Gasteiger charge is -2.37. The van der Waals surface area contributed by atoms with Gasteiger partial charge in [0, 0.05) is 28.7 Å². The van der Waals surface area contributed by atoms with E-state index in [-0.39, 0.29) is 11.9 Å². The number of thiazole rings is 1. The number of benzene rings is 1. The van der Waals surface area contributed by atoms with Gasteiger partial charge in [-0.05, 0) is 45.2 Å². The molecule has 1 N–H and O–H groups in total. The summed E-state index contributed by atoms with van der Waals surface area (Å²) in [7, 11) is 0. The smallest absolute Gasteiger partial charge is 0.254 e. The van der Waals surface area contributed by atoms with Crippen LogP contribution in [0.1, 0.15) is 42.2 Å². The van der Waals surface area contributed by atoms with Crippen LogP contribution >= 0.6 is 11.3 Å². The molecule has 0 spiro atoms. The molecule has 2 heterocycles. The number of aromatic nitrogens is 1. The number of aryl methyl sites for hydroxylation is 1. The van der Waals surface area contributed by atoms with Crippen molar-refractivity contribution in [3.05, 3.63) is 40.9 Å². The fourth-order valence-corrected chi connectivity index (χ4v) is 3.94. The van der Waals surface area contributed by atoms with Crippen molar-refractivity contribution in [2.45, 2.75) is 45.3 Å². The summed E-state index contributed by atoms with van der Waals surface area (Å²) in [6.45, 7) is 4.45. The monoisotopic (exact) mass is 330 g/mol. The molecule has 3 rings (SSSR count). The Bertz CT molecular complexity index is 696. The van der Waals surface area contributed by atoms with Crippen molar-refractivity contribution < 1.29 is 9.90 Å². The minimum atomic E-state index is -0.496. The molecule has 1 saturated heterocycles. The second-order valence-electron chi connectivity index (χ2n) is 6.18. The first kappa shape index (κ1) is 16.1. The average Bonchev–Trinajstić information content (AvgIpc) is 3.01. The lowest BCUT2D eigenvalue weighted by molar-refractivity contribution is 0.0281. The lowest BCUT2D eigenvalue weighted by atomic mass is 9.97. The number of hydrogen-bond donors (Lipinski definition) is 1. The van der Waals surface area contributed by atoms with Gasteiger partial charge in [-0.2, -0.15) is 0 Å². The molecule has 0 radical (unpaired) electrons. The molecule has 122 valence electrons. The lowest BCUT2D eigenvalue weighted by Crippen LogP contribution is -2.48. The number of carbonyl (C=O) groups is 1. The molecule has 1 amide bonds. The summed E-state index contributed by atoms with van der Waals surface area (Å²) in [5.74, 6) is 0.00530. The van der Waals surface area contributed by atoms with Gasteiger partial charge in [-0.1, -0.05) is 12.1 Å². The van der Waals surface area contributed by atoms with Gasteiger partial charge in [-0.25, -0.2) is 4.98 Å². The highest BCUT2D eigenvalue weighted by Crippen LogP contribution is 2.26. The van der Waals surface area contributed by atoms with Gasteiger partial charge >= 0.3 is 0 Å². The number of hydrogen-bond acceptors (Lipinski definition) is 4. The van der Waals surface area contributed by atoms with Crippen LogP contribution in [0.3, 0.4) is 0 Å². The van der Waals surface area contributed by atoms with Crippen molar-refractivity contribution in [3.8, 4) is 10.6 Å². The van der Waals surface area contributed by atoms with Crippen LogP contribution in [-0.2, 0) is 0 Å². The third-order valence-corrected chi connectivity index (χ3v) is 5.35. The summed E-state index contributed by atoms with van der Waals surface area (Å²) >= 11 is 1.59. The fraction of sp³-hybridized carbons (Fsp3) is 0.444. The number of amides is 1. The SMILES string of the molecule is Cc1csc(-c2cccc(C(=O)N3CCCCC3C(C)O)c2)n1. The van der Waals surface area contributed by atoms with Crippen LogP contribution in [0, 0.1) is 6.92 Å². The summed E-state index contributed by atoms with van der Waals surface area (Å²) in [6.07, 6.45) is 2.44. The molecule has 0 saturated carbocycles. The van der Waals surface area contributed by atoms with Crippen molar-refractivity contribution in [2.75, 3.05) is 6.54 Å². The third kappa shape index (κ3) is 3.46. The van der Waals surface area contributed by atoms with E-state index in [1.165, 1.54) is 0 Å². The summed E-state index contributed by atoms with van der Waals surface area (Å²) in [4.78, 5) is 19.2. The van der Waals surface area contributed by atoms with E-state index in [0.29, 0.717) is 5.56 Å². The van der Waals surface area contributed by atoms with Crippen LogP contribution in [-0.4, -0.2) is 39.6 Å². The van der Waals surface area contributed by atoms with Gasteiger partial charge in [0.1, 0.15) is 5.01 Å². The van der Waals surface area contributed by atoms with Gasteiger partial charge in [-0.15, -0.1) is 11.3 Å². The molecule has 2 atom stereocenters. The topological polar surface area (TPSA) is 53.4 Å². The van der Waals surface area contributed by atoms with E-state index in [1.54, 1.807) is 18.3 Å². The predicted octanol–water partition coefficient (Wildman–Crippen LogP) is 3.49. The minimum absolute atomic E-state index is 0.00530. The van der Waals surface area contributed by atoms with Crippen LogP contribution < -0.4 is 0 Å². The molecule has 0 bridgehead atoms. The van der Waals surface area contributed by atoms with Crippen LogP contribution in [0.5, 0.6) is 0 Å². The maximum absolute atomic E-state index is 12.9. The molecular weight excluding hydrogens is 308 g/mol. The van der Waals surface area contributed by atoms with E-state index in [4.69, 9.17) is 0 Å². The van der Waals surface area contributed by atoms with Crippen LogP contribution in [0.25, 0.3) is 10.6 Å². The molecule has 2 aromatic rings. The average molecular weight is 330 g/mol. The first-order valence-corrected chi connectivity index (χ1v) is 8.96. The Morgan fingerprint density at radius 2 is 2.26 bits per heavy atom. The molecule has 2 unspecified atom stereocenters. The number of nitrogens with zero attached hydrogens (tertiary/aromatic N) is 2. The highest BCUT2D eigenvalue weighted by Gasteiger charge is 2.30. The van der Waals surface area contributed by atoms with E-state index in [2.05, 4.69) is 4.98 Å². The normalized spacial score (nSPS) is 19.6. The fourth-order valence-electron chi connectivity index (χ4n) is 3.15.